The summed E-state index contributed by atoms with van der Waals surface area (Å²) in [4.78, 5) is 18.9. The molecule has 1 aliphatic carbocycles. The maximum Gasteiger partial charge on any atom is 0.264 e. The van der Waals surface area contributed by atoms with Gasteiger partial charge in [0.15, 0.2) is 0 Å². The number of hydrogen-bond acceptors (Lipinski definition) is 3. The van der Waals surface area contributed by atoms with Crippen LogP contribution in [-0.4, -0.2) is 17.1 Å². The molecule has 1 aliphatic rings. The van der Waals surface area contributed by atoms with Crippen LogP contribution in [0.25, 0.3) is 0 Å². The monoisotopic (exact) mass is 348 g/mol. The highest BCUT2D eigenvalue weighted by Gasteiger charge is 2.35. The number of nitrogens with one attached hydrogen (secondary N) is 1. The molecule has 94 valence electrons. The molecule has 0 spiro atoms. The quantitative estimate of drug-likeness (QED) is 0.660. The number of rotatable bonds is 2. The number of ether oxygens (including phenoxy) is 1. The molecule has 0 aliphatic heterocycles. The van der Waals surface area contributed by atoms with Gasteiger partial charge in [0.05, 0.1) is 3.57 Å². The van der Waals surface area contributed by atoms with Crippen LogP contribution < -0.4 is 5.56 Å². The summed E-state index contributed by atoms with van der Waals surface area (Å²) < 4.78 is 6.32. The summed E-state index contributed by atoms with van der Waals surface area (Å²) in [5.41, 5.74) is -0.462. The first-order chi connectivity index (χ1) is 8.18. The van der Waals surface area contributed by atoms with E-state index in [0.29, 0.717) is 9.39 Å². The molecular weight excluding hydrogens is 331 g/mol. The van der Waals surface area contributed by atoms with Crippen LogP contribution in [0.5, 0.6) is 0 Å². The van der Waals surface area contributed by atoms with Crippen LogP contribution in [0, 0.1) is 3.57 Å². The second-order valence-electron chi connectivity index (χ2n) is 4.52. The fourth-order valence-electron chi connectivity index (χ4n) is 2.45. The summed E-state index contributed by atoms with van der Waals surface area (Å²) in [6.07, 6.45) is 8.23. The highest BCUT2D eigenvalue weighted by molar-refractivity contribution is 14.1. The average molecular weight is 348 g/mol. The van der Waals surface area contributed by atoms with Gasteiger partial charge in [-0.3, -0.25) is 4.79 Å². The highest BCUT2D eigenvalue weighted by Crippen LogP contribution is 2.36. The molecule has 0 aromatic carbocycles. The molecule has 1 aromatic heterocycles. The van der Waals surface area contributed by atoms with Gasteiger partial charge in [-0.25, -0.2) is 4.98 Å². The molecular formula is C12H17IN2O2. The Bertz CT molecular complexity index is 436. The van der Waals surface area contributed by atoms with Gasteiger partial charge in [0.25, 0.3) is 5.56 Å². The third kappa shape index (κ3) is 2.70. The number of H-pyrrole nitrogens is 1. The minimum absolute atomic E-state index is 0.0729. The Labute approximate surface area is 114 Å². The standard InChI is InChI=1S/C12H17IN2O2/c1-17-12(6-4-2-3-5-7-12)11-14-8-9(13)10(16)15-11/h8H,2-7H2,1H3,(H,14,15,16). The first kappa shape index (κ1) is 13.0. The fraction of sp³-hybridized carbons (Fsp3) is 0.667. The minimum Gasteiger partial charge on any atom is -0.370 e. The van der Waals surface area contributed by atoms with Gasteiger partial charge in [0, 0.05) is 13.3 Å². The Balaban J connectivity index is 2.38. The molecule has 1 saturated carbocycles. The van der Waals surface area contributed by atoms with Crippen LogP contribution in [-0.2, 0) is 10.3 Å². The van der Waals surface area contributed by atoms with Crippen molar-refractivity contribution in [3.05, 3.63) is 25.9 Å². The Kier molecular flexibility index (Phi) is 4.19. The van der Waals surface area contributed by atoms with Crippen molar-refractivity contribution in [2.75, 3.05) is 7.11 Å². The third-order valence-electron chi connectivity index (χ3n) is 3.49. The van der Waals surface area contributed by atoms with Crippen LogP contribution in [0.1, 0.15) is 44.3 Å². The molecule has 0 saturated heterocycles. The van der Waals surface area contributed by atoms with E-state index in [1.165, 1.54) is 12.8 Å². The van der Waals surface area contributed by atoms with E-state index in [2.05, 4.69) is 9.97 Å². The van der Waals surface area contributed by atoms with E-state index in [4.69, 9.17) is 4.74 Å². The molecule has 4 nitrogen and oxygen atoms in total. The third-order valence-corrected chi connectivity index (χ3v) is 4.26. The number of methoxy groups -OCH3 is 1. The number of hydrogen-bond donors (Lipinski definition) is 1. The lowest BCUT2D eigenvalue weighted by Gasteiger charge is -2.30. The van der Waals surface area contributed by atoms with Crippen molar-refractivity contribution < 1.29 is 4.74 Å². The second-order valence-corrected chi connectivity index (χ2v) is 5.68. The van der Waals surface area contributed by atoms with Gasteiger partial charge in [0.1, 0.15) is 11.4 Å². The van der Waals surface area contributed by atoms with Gasteiger partial charge in [-0.2, -0.15) is 0 Å². The predicted molar refractivity (Wildman–Crippen MR) is 74.0 cm³/mol. The first-order valence-electron chi connectivity index (χ1n) is 5.98. The number of nitrogens with zero attached hydrogens (tertiary/aromatic N) is 1. The van der Waals surface area contributed by atoms with Gasteiger partial charge in [-0.05, 0) is 35.4 Å². The number of halogens is 1. The van der Waals surface area contributed by atoms with E-state index in [-0.39, 0.29) is 11.2 Å². The van der Waals surface area contributed by atoms with Crippen LogP contribution in [0.3, 0.4) is 0 Å². The van der Waals surface area contributed by atoms with Crippen molar-refractivity contribution >= 4 is 22.6 Å². The van der Waals surface area contributed by atoms with Crippen molar-refractivity contribution in [1.29, 1.82) is 0 Å². The van der Waals surface area contributed by atoms with Crippen molar-refractivity contribution in [3.63, 3.8) is 0 Å². The molecule has 0 unspecified atom stereocenters. The van der Waals surface area contributed by atoms with Gasteiger partial charge < -0.3 is 9.72 Å². The van der Waals surface area contributed by atoms with Gasteiger partial charge in [-0.1, -0.05) is 25.7 Å². The Morgan fingerprint density at radius 3 is 2.53 bits per heavy atom. The molecule has 1 N–H and O–H groups in total. The lowest BCUT2D eigenvalue weighted by atomic mass is 9.93. The van der Waals surface area contributed by atoms with E-state index in [1.54, 1.807) is 13.3 Å². The lowest BCUT2D eigenvalue weighted by Crippen LogP contribution is -2.33. The maximum atomic E-state index is 11.7. The lowest BCUT2D eigenvalue weighted by molar-refractivity contribution is -0.0353. The Morgan fingerprint density at radius 1 is 1.35 bits per heavy atom. The maximum absolute atomic E-state index is 11.7. The van der Waals surface area contributed by atoms with Gasteiger partial charge in [-0.15, -0.1) is 0 Å². The molecule has 1 heterocycles. The average Bonchev–Trinajstić information content (AvgIpc) is 2.59. The van der Waals surface area contributed by atoms with E-state index in [0.717, 1.165) is 25.7 Å². The summed E-state index contributed by atoms with van der Waals surface area (Å²) in [5, 5.41) is 0. The van der Waals surface area contributed by atoms with E-state index in [1.807, 2.05) is 22.6 Å². The second kappa shape index (κ2) is 5.48. The first-order valence-corrected chi connectivity index (χ1v) is 7.06. The summed E-state index contributed by atoms with van der Waals surface area (Å²) >= 11 is 1.99. The largest absolute Gasteiger partial charge is 0.370 e. The molecule has 17 heavy (non-hydrogen) atoms. The molecule has 1 aromatic rings. The number of aromatic amines is 1. The topological polar surface area (TPSA) is 55.0 Å². The van der Waals surface area contributed by atoms with Crippen LogP contribution in [0.4, 0.5) is 0 Å². The summed E-state index contributed by atoms with van der Waals surface area (Å²) in [6, 6.07) is 0. The van der Waals surface area contributed by atoms with Crippen LogP contribution in [0.2, 0.25) is 0 Å². The molecule has 0 bridgehead atoms. The summed E-state index contributed by atoms with van der Waals surface area (Å²) in [5.74, 6) is 0.687. The summed E-state index contributed by atoms with van der Waals surface area (Å²) in [6.45, 7) is 0. The molecule has 2 rings (SSSR count). The van der Waals surface area contributed by atoms with E-state index < -0.39 is 0 Å². The fourth-order valence-corrected chi connectivity index (χ4v) is 2.72. The van der Waals surface area contributed by atoms with E-state index in [9.17, 15) is 4.79 Å². The zero-order chi connectivity index (χ0) is 12.3. The van der Waals surface area contributed by atoms with Crippen LogP contribution >= 0.6 is 22.6 Å². The SMILES string of the molecule is COC1(c2ncc(I)c(=O)[nH]2)CCCCCC1. The van der Waals surface area contributed by atoms with Crippen molar-refractivity contribution in [2.24, 2.45) is 0 Å². The molecule has 0 atom stereocenters. The molecule has 0 radical (unpaired) electrons. The zero-order valence-corrected chi connectivity index (χ0v) is 12.1. The molecule has 1 fully saturated rings. The molecule has 0 amide bonds. The van der Waals surface area contributed by atoms with Crippen molar-refractivity contribution in [2.45, 2.75) is 44.1 Å². The zero-order valence-electron chi connectivity index (χ0n) is 9.96. The van der Waals surface area contributed by atoms with Gasteiger partial charge >= 0.3 is 0 Å². The predicted octanol–water partition coefficient (Wildman–Crippen LogP) is 2.57. The van der Waals surface area contributed by atoms with Crippen LogP contribution in [0.15, 0.2) is 11.0 Å². The normalized spacial score (nSPS) is 19.9. The number of aromatic nitrogens is 2. The smallest absolute Gasteiger partial charge is 0.264 e. The molecule has 5 heteroatoms. The van der Waals surface area contributed by atoms with Gasteiger partial charge in [0.2, 0.25) is 0 Å². The summed E-state index contributed by atoms with van der Waals surface area (Å²) in [7, 11) is 1.71. The minimum atomic E-state index is -0.389. The Hall–Kier alpha value is -0.430. The van der Waals surface area contributed by atoms with E-state index >= 15 is 0 Å². The van der Waals surface area contributed by atoms with Crippen molar-refractivity contribution in [1.82, 2.24) is 9.97 Å². The Morgan fingerprint density at radius 2 is 2.00 bits per heavy atom. The highest BCUT2D eigenvalue weighted by atomic mass is 127. The van der Waals surface area contributed by atoms with Crippen molar-refractivity contribution in [3.8, 4) is 0 Å².